The van der Waals surface area contributed by atoms with Crippen molar-refractivity contribution in [1.82, 2.24) is 0 Å². The van der Waals surface area contributed by atoms with Gasteiger partial charge in [-0.3, -0.25) is 14.9 Å². The third-order valence-corrected chi connectivity index (χ3v) is 2.46. The Kier molecular flexibility index (Phi) is 2.78. The van der Waals surface area contributed by atoms with Crippen molar-refractivity contribution in [2.45, 2.75) is 6.10 Å². The van der Waals surface area contributed by atoms with Gasteiger partial charge in [0.15, 0.2) is 11.9 Å². The predicted octanol–water partition coefficient (Wildman–Crippen LogP) is 1.35. The number of fused-ring (bicyclic) bond motifs is 1. The van der Waals surface area contributed by atoms with Gasteiger partial charge in [-0.05, 0) is 12.1 Å². The first-order valence-electron chi connectivity index (χ1n) is 4.90. The van der Waals surface area contributed by atoms with E-state index in [0.29, 0.717) is 17.6 Å². The smallest absolute Gasteiger partial charge is 0.244 e. The number of carbonyl (C=O) groups is 1. The fraction of sp³-hybridized carbons (Fsp3) is 0.182. The standard InChI is InChI=1S/C11H9NO5/c13-6-8-10(5-12(15)16)17-9-4-2-1-3-7(9)11(8)14/h1-4,6,10,13H,5H2/b8-6-. The van der Waals surface area contributed by atoms with Crippen LogP contribution in [0.1, 0.15) is 10.4 Å². The van der Waals surface area contributed by atoms with Gasteiger partial charge >= 0.3 is 0 Å². The average molecular weight is 235 g/mol. The Morgan fingerprint density at radius 3 is 2.82 bits per heavy atom. The predicted molar refractivity (Wildman–Crippen MR) is 57.8 cm³/mol. The second-order valence-electron chi connectivity index (χ2n) is 3.53. The normalized spacial score (nSPS) is 20.8. The molecule has 1 atom stereocenters. The van der Waals surface area contributed by atoms with Crippen molar-refractivity contribution < 1.29 is 19.6 Å². The van der Waals surface area contributed by atoms with Crippen LogP contribution in [0.4, 0.5) is 0 Å². The minimum absolute atomic E-state index is 0.0969. The van der Waals surface area contributed by atoms with Crippen molar-refractivity contribution in [3.8, 4) is 5.75 Å². The van der Waals surface area contributed by atoms with Crippen LogP contribution < -0.4 is 4.74 Å². The second-order valence-corrected chi connectivity index (χ2v) is 3.53. The largest absolute Gasteiger partial charge is 0.515 e. The van der Waals surface area contributed by atoms with Crippen molar-refractivity contribution in [1.29, 1.82) is 0 Å². The van der Waals surface area contributed by atoms with E-state index in [0.717, 1.165) is 0 Å². The maximum absolute atomic E-state index is 11.9. The van der Waals surface area contributed by atoms with Crippen molar-refractivity contribution in [2.24, 2.45) is 0 Å². The molecular formula is C11H9NO5. The average Bonchev–Trinajstić information content (AvgIpc) is 2.29. The minimum atomic E-state index is -1.04. The zero-order valence-corrected chi connectivity index (χ0v) is 8.70. The zero-order chi connectivity index (χ0) is 12.4. The van der Waals surface area contributed by atoms with E-state index in [-0.39, 0.29) is 5.57 Å². The molecule has 0 fully saturated rings. The summed E-state index contributed by atoms with van der Waals surface area (Å²) in [6.07, 6.45) is -0.468. The first-order valence-corrected chi connectivity index (χ1v) is 4.90. The van der Waals surface area contributed by atoms with E-state index in [1.54, 1.807) is 24.3 Å². The van der Waals surface area contributed by atoms with Crippen LogP contribution in [0.2, 0.25) is 0 Å². The van der Waals surface area contributed by atoms with Gasteiger partial charge in [-0.2, -0.15) is 0 Å². The Labute approximate surface area is 96.3 Å². The SMILES string of the molecule is O=C1/C(=C\O)C(C[N+](=O)[O-])Oc2ccccc21. The van der Waals surface area contributed by atoms with E-state index in [1.807, 2.05) is 0 Å². The number of ether oxygens (including phenoxy) is 1. The van der Waals surface area contributed by atoms with Gasteiger partial charge in [0.25, 0.3) is 0 Å². The monoisotopic (exact) mass is 235 g/mol. The van der Waals surface area contributed by atoms with E-state index in [9.17, 15) is 14.9 Å². The number of Topliss-reactive ketones (excluding diaryl/α,β-unsaturated/α-hetero) is 1. The molecule has 1 N–H and O–H groups in total. The van der Waals surface area contributed by atoms with Crippen LogP contribution in [0.15, 0.2) is 36.1 Å². The molecule has 0 saturated carbocycles. The number of hydrogen-bond donors (Lipinski definition) is 1. The van der Waals surface area contributed by atoms with Crippen LogP contribution in [0, 0.1) is 10.1 Å². The molecule has 1 aliphatic heterocycles. The van der Waals surface area contributed by atoms with E-state index in [4.69, 9.17) is 9.84 Å². The second kappa shape index (κ2) is 4.25. The van der Waals surface area contributed by atoms with Crippen LogP contribution in [0.25, 0.3) is 0 Å². The van der Waals surface area contributed by atoms with E-state index >= 15 is 0 Å². The number of hydrogen-bond acceptors (Lipinski definition) is 5. The number of para-hydroxylation sites is 1. The molecule has 0 radical (unpaired) electrons. The molecule has 1 unspecified atom stereocenters. The molecule has 1 aliphatic rings. The molecule has 0 saturated heterocycles. The first-order chi connectivity index (χ1) is 8.13. The summed E-state index contributed by atoms with van der Waals surface area (Å²) in [6, 6.07) is 6.43. The minimum Gasteiger partial charge on any atom is -0.515 e. The molecule has 1 aromatic carbocycles. The van der Waals surface area contributed by atoms with Gasteiger partial charge in [-0.1, -0.05) is 12.1 Å². The molecule has 0 aromatic heterocycles. The van der Waals surface area contributed by atoms with E-state index in [2.05, 4.69) is 0 Å². The Bertz CT molecular complexity index is 508. The van der Waals surface area contributed by atoms with Crippen molar-refractivity contribution in [2.75, 3.05) is 6.54 Å². The Balaban J connectivity index is 2.42. The molecule has 0 spiro atoms. The fourth-order valence-corrected chi connectivity index (χ4v) is 1.69. The molecule has 1 heterocycles. The molecule has 1 aromatic rings. The number of nitro groups is 1. The number of benzene rings is 1. The van der Waals surface area contributed by atoms with Crippen molar-refractivity contribution >= 4 is 5.78 Å². The summed E-state index contributed by atoms with van der Waals surface area (Å²) in [4.78, 5) is 21.8. The lowest BCUT2D eigenvalue weighted by atomic mass is 9.96. The highest BCUT2D eigenvalue weighted by molar-refractivity contribution is 6.12. The van der Waals surface area contributed by atoms with Crippen LogP contribution in [-0.4, -0.2) is 28.5 Å². The summed E-state index contributed by atoms with van der Waals surface area (Å²) < 4.78 is 5.33. The number of nitrogens with zero attached hydrogens (tertiary/aromatic N) is 1. The summed E-state index contributed by atoms with van der Waals surface area (Å²) in [7, 11) is 0. The molecular weight excluding hydrogens is 226 g/mol. The molecule has 0 aliphatic carbocycles. The van der Waals surface area contributed by atoms with E-state index in [1.165, 1.54) is 0 Å². The van der Waals surface area contributed by atoms with Gasteiger partial charge in [0.1, 0.15) is 5.75 Å². The van der Waals surface area contributed by atoms with Gasteiger partial charge < -0.3 is 9.84 Å². The van der Waals surface area contributed by atoms with Gasteiger partial charge in [0, 0.05) is 4.92 Å². The molecule has 0 amide bonds. The quantitative estimate of drug-likeness (QED) is 0.361. The molecule has 6 heteroatoms. The van der Waals surface area contributed by atoms with Gasteiger partial charge in [0.05, 0.1) is 17.4 Å². The Hall–Kier alpha value is -2.37. The van der Waals surface area contributed by atoms with Crippen LogP contribution in [0.3, 0.4) is 0 Å². The van der Waals surface area contributed by atoms with Crippen LogP contribution >= 0.6 is 0 Å². The number of aliphatic hydroxyl groups excluding tert-OH is 1. The summed E-state index contributed by atoms with van der Waals surface area (Å²) >= 11 is 0. The van der Waals surface area contributed by atoms with Crippen molar-refractivity contribution in [3.63, 3.8) is 0 Å². The summed E-state index contributed by atoms with van der Waals surface area (Å²) in [5.74, 6) is -0.142. The van der Waals surface area contributed by atoms with Crippen LogP contribution in [0.5, 0.6) is 5.75 Å². The highest BCUT2D eigenvalue weighted by atomic mass is 16.6. The third-order valence-electron chi connectivity index (χ3n) is 2.46. The number of aliphatic hydroxyl groups is 1. The lowest BCUT2D eigenvalue weighted by Gasteiger charge is -2.24. The lowest BCUT2D eigenvalue weighted by Crippen LogP contribution is -2.35. The summed E-state index contributed by atoms with van der Waals surface area (Å²) in [6.45, 7) is -0.563. The number of rotatable bonds is 2. The highest BCUT2D eigenvalue weighted by Crippen LogP contribution is 2.30. The Morgan fingerprint density at radius 2 is 2.18 bits per heavy atom. The third kappa shape index (κ3) is 1.96. The van der Waals surface area contributed by atoms with Gasteiger partial charge in [-0.15, -0.1) is 0 Å². The maximum Gasteiger partial charge on any atom is 0.244 e. The molecule has 88 valence electrons. The fourth-order valence-electron chi connectivity index (χ4n) is 1.69. The molecule has 6 nitrogen and oxygen atoms in total. The van der Waals surface area contributed by atoms with E-state index < -0.39 is 23.4 Å². The molecule has 0 bridgehead atoms. The van der Waals surface area contributed by atoms with Crippen molar-refractivity contribution in [3.05, 3.63) is 51.8 Å². The topological polar surface area (TPSA) is 89.7 Å². The lowest BCUT2D eigenvalue weighted by molar-refractivity contribution is -0.487. The molecule has 2 rings (SSSR count). The summed E-state index contributed by atoms with van der Waals surface area (Å²) in [5, 5.41) is 19.4. The first kappa shape index (κ1) is 11.1. The number of carbonyl (C=O) groups excluding carboxylic acids is 1. The maximum atomic E-state index is 11.9. The highest BCUT2D eigenvalue weighted by Gasteiger charge is 2.34. The number of ketones is 1. The molecule has 17 heavy (non-hydrogen) atoms. The van der Waals surface area contributed by atoms with Gasteiger partial charge in [0.2, 0.25) is 6.54 Å². The summed E-state index contributed by atoms with van der Waals surface area (Å²) in [5.41, 5.74) is 0.202. The Morgan fingerprint density at radius 1 is 1.47 bits per heavy atom. The van der Waals surface area contributed by atoms with Crippen LogP contribution in [-0.2, 0) is 0 Å². The zero-order valence-electron chi connectivity index (χ0n) is 8.70. The van der Waals surface area contributed by atoms with Gasteiger partial charge in [-0.25, -0.2) is 0 Å².